The van der Waals surface area contributed by atoms with Crippen LogP contribution in [0.2, 0.25) is 5.02 Å². The number of benzene rings is 1. The molecule has 0 N–H and O–H groups in total. The fourth-order valence-corrected chi connectivity index (χ4v) is 3.47. The summed E-state index contributed by atoms with van der Waals surface area (Å²) in [4.78, 5) is 0. The first-order valence-corrected chi connectivity index (χ1v) is 7.91. The van der Waals surface area contributed by atoms with Gasteiger partial charge < -0.3 is 4.48 Å². The molecule has 0 saturated heterocycles. The van der Waals surface area contributed by atoms with Gasteiger partial charge in [-0.25, -0.2) is 0 Å². The van der Waals surface area contributed by atoms with E-state index in [0.717, 1.165) is 35.6 Å². The zero-order valence-corrected chi connectivity index (χ0v) is 13.9. The van der Waals surface area contributed by atoms with Crippen LogP contribution in [-0.4, -0.2) is 28.2 Å². The van der Waals surface area contributed by atoms with Crippen LogP contribution in [0, 0.1) is 12.3 Å². The molecule has 0 aliphatic rings. The number of hydrogen-bond acceptors (Lipinski definition) is 0. The Hall–Kier alpha value is -0.240. The van der Waals surface area contributed by atoms with E-state index in [4.69, 9.17) is 18.0 Å². The molecule has 0 saturated carbocycles. The molecule has 0 aromatic heterocycles. The summed E-state index contributed by atoms with van der Waals surface area (Å²) in [5.74, 6) is 2.88. The molecule has 0 amide bonds. The van der Waals surface area contributed by atoms with Gasteiger partial charge in [0.2, 0.25) is 4.05 Å². The minimum absolute atomic E-state index is 0.222. The lowest BCUT2D eigenvalue weighted by atomic mass is 10.1. The predicted molar refractivity (Wildman–Crippen MR) is 88.0 cm³/mol. The van der Waals surface area contributed by atoms with Crippen molar-refractivity contribution in [2.75, 3.05) is 19.6 Å². The van der Waals surface area contributed by atoms with Crippen LogP contribution in [0.4, 0.5) is 0 Å². The molecule has 1 unspecified atom stereocenters. The number of nitrogens with zero attached hydrogens (tertiary/aromatic N) is 1. The molecule has 18 heavy (non-hydrogen) atoms. The van der Waals surface area contributed by atoms with Crippen LogP contribution in [0.1, 0.15) is 19.4 Å². The number of rotatable bonds is 6. The van der Waals surface area contributed by atoms with Crippen molar-refractivity contribution in [1.29, 1.82) is 0 Å². The Balaban J connectivity index is 2.81. The zero-order valence-electron chi connectivity index (χ0n) is 11.0. The number of terminal acetylenes is 1. The average Bonchev–Trinajstić information content (AvgIpc) is 2.41. The summed E-state index contributed by atoms with van der Waals surface area (Å²) in [6, 6.07) is 8.05. The quantitative estimate of drug-likeness (QED) is 0.230. The van der Waals surface area contributed by atoms with Gasteiger partial charge in [0.15, 0.2) is 0 Å². The second-order valence-corrected chi connectivity index (χ2v) is 6.01. The Morgan fingerprint density at radius 2 is 1.94 bits per heavy atom. The smallest absolute Gasteiger partial charge is 0.200 e. The van der Waals surface area contributed by atoms with Gasteiger partial charge in [-0.05, 0) is 31.4 Å². The fraction of sp³-hybridized carbons (Fsp3) is 0.467. The van der Waals surface area contributed by atoms with Crippen molar-refractivity contribution in [2.24, 2.45) is 0 Å². The Bertz CT molecular complexity index is 421. The van der Waals surface area contributed by atoms with Gasteiger partial charge in [-0.3, -0.25) is 0 Å². The van der Waals surface area contributed by atoms with Crippen molar-refractivity contribution < 1.29 is 4.48 Å². The Kier molecular flexibility index (Phi) is 6.48. The lowest BCUT2D eigenvalue weighted by Gasteiger charge is -2.39. The number of halogens is 2. The second kappa shape index (κ2) is 7.37. The van der Waals surface area contributed by atoms with E-state index < -0.39 is 0 Å². The summed E-state index contributed by atoms with van der Waals surface area (Å²) in [7, 11) is 0. The molecular formula is C15H20ClIN+. The first kappa shape index (κ1) is 15.8. The van der Waals surface area contributed by atoms with Gasteiger partial charge in [-0.15, -0.1) is 6.42 Å². The third-order valence-electron chi connectivity index (χ3n) is 3.66. The monoisotopic (exact) mass is 376 g/mol. The molecule has 0 aliphatic carbocycles. The predicted octanol–water partition coefficient (Wildman–Crippen LogP) is 4.13. The van der Waals surface area contributed by atoms with E-state index in [9.17, 15) is 0 Å². The maximum absolute atomic E-state index is 6.20. The Morgan fingerprint density at radius 1 is 1.33 bits per heavy atom. The van der Waals surface area contributed by atoms with Crippen LogP contribution in [-0.2, 0) is 6.42 Å². The number of hydrogen-bond donors (Lipinski definition) is 0. The van der Waals surface area contributed by atoms with Crippen LogP contribution < -0.4 is 0 Å². The van der Waals surface area contributed by atoms with Crippen molar-refractivity contribution >= 4 is 34.2 Å². The lowest BCUT2D eigenvalue weighted by molar-refractivity contribution is -0.923. The van der Waals surface area contributed by atoms with Gasteiger partial charge in [0.25, 0.3) is 0 Å². The van der Waals surface area contributed by atoms with Crippen LogP contribution in [0.25, 0.3) is 0 Å². The fourth-order valence-electron chi connectivity index (χ4n) is 2.18. The van der Waals surface area contributed by atoms with Gasteiger partial charge in [0.1, 0.15) is 0 Å². The molecule has 1 atom stereocenters. The van der Waals surface area contributed by atoms with E-state index in [1.54, 1.807) is 0 Å². The largest absolute Gasteiger partial charge is 0.303 e. The molecule has 0 radical (unpaired) electrons. The van der Waals surface area contributed by atoms with Crippen LogP contribution in [0.5, 0.6) is 0 Å². The van der Waals surface area contributed by atoms with E-state index in [-0.39, 0.29) is 4.05 Å². The summed E-state index contributed by atoms with van der Waals surface area (Å²) >= 11 is 8.58. The van der Waals surface area contributed by atoms with Gasteiger partial charge in [0.05, 0.1) is 19.6 Å². The minimum atomic E-state index is 0.222. The van der Waals surface area contributed by atoms with Gasteiger partial charge >= 0.3 is 0 Å². The summed E-state index contributed by atoms with van der Waals surface area (Å²) < 4.78 is 1.17. The molecular weight excluding hydrogens is 357 g/mol. The van der Waals surface area contributed by atoms with E-state index >= 15 is 0 Å². The first-order valence-electron chi connectivity index (χ1n) is 6.29. The van der Waals surface area contributed by atoms with Crippen LogP contribution in [0.3, 0.4) is 0 Å². The van der Waals surface area contributed by atoms with Crippen molar-refractivity contribution in [2.45, 2.75) is 24.3 Å². The molecule has 0 aliphatic heterocycles. The summed E-state index contributed by atoms with van der Waals surface area (Å²) in [6.07, 6.45) is 6.58. The maximum atomic E-state index is 6.20. The summed E-state index contributed by atoms with van der Waals surface area (Å²) in [6.45, 7) is 7.56. The first-order chi connectivity index (χ1) is 8.59. The van der Waals surface area contributed by atoms with Crippen LogP contribution >= 0.6 is 34.2 Å². The third kappa shape index (κ3) is 3.63. The van der Waals surface area contributed by atoms with Gasteiger partial charge in [0, 0.05) is 34.0 Å². The standard InChI is InChI=1S/C15H20ClIN/c1-4-15(17)18(5-2,6-3)12-11-13-9-7-8-10-14(13)16/h1,7-10,15H,5-6,11-12H2,2-3H3/q+1. The molecule has 0 spiro atoms. The van der Waals surface area contributed by atoms with Gasteiger partial charge in [-0.2, -0.15) is 0 Å². The highest BCUT2D eigenvalue weighted by atomic mass is 127. The topological polar surface area (TPSA) is 0 Å². The zero-order chi connectivity index (χ0) is 13.6. The molecule has 1 nitrogen and oxygen atoms in total. The minimum Gasteiger partial charge on any atom is -0.303 e. The van der Waals surface area contributed by atoms with Crippen LogP contribution in [0.15, 0.2) is 24.3 Å². The van der Waals surface area contributed by atoms with E-state index in [0.29, 0.717) is 0 Å². The molecule has 0 bridgehead atoms. The van der Waals surface area contributed by atoms with E-state index in [2.05, 4.69) is 48.4 Å². The summed E-state index contributed by atoms with van der Waals surface area (Å²) in [5.41, 5.74) is 1.21. The molecule has 1 aromatic carbocycles. The number of quaternary nitrogens is 1. The average molecular weight is 377 g/mol. The lowest BCUT2D eigenvalue weighted by Crippen LogP contribution is -2.53. The van der Waals surface area contributed by atoms with Crippen molar-refractivity contribution in [1.82, 2.24) is 0 Å². The highest BCUT2D eigenvalue weighted by Crippen LogP contribution is 2.22. The third-order valence-corrected chi connectivity index (χ3v) is 5.57. The van der Waals surface area contributed by atoms with Gasteiger partial charge in [-0.1, -0.05) is 29.8 Å². The number of likely N-dealkylation sites (N-methyl/N-ethyl adjacent to an activating group) is 1. The molecule has 1 aromatic rings. The highest BCUT2D eigenvalue weighted by molar-refractivity contribution is 14.1. The highest BCUT2D eigenvalue weighted by Gasteiger charge is 2.30. The Morgan fingerprint density at radius 3 is 2.44 bits per heavy atom. The molecule has 0 fully saturated rings. The number of alkyl halides is 1. The normalized spacial score (nSPS) is 13.1. The maximum Gasteiger partial charge on any atom is 0.200 e. The second-order valence-electron chi connectivity index (χ2n) is 4.42. The Labute approximate surface area is 129 Å². The molecule has 98 valence electrons. The summed E-state index contributed by atoms with van der Waals surface area (Å²) in [5, 5.41) is 0.855. The molecule has 3 heteroatoms. The van der Waals surface area contributed by atoms with Crippen molar-refractivity contribution in [3.8, 4) is 12.3 Å². The van der Waals surface area contributed by atoms with E-state index in [1.807, 2.05) is 18.2 Å². The van der Waals surface area contributed by atoms with E-state index in [1.165, 1.54) is 5.56 Å². The molecule has 0 heterocycles. The molecule has 1 rings (SSSR count). The van der Waals surface area contributed by atoms with Crippen molar-refractivity contribution in [3.63, 3.8) is 0 Å². The SMILES string of the molecule is C#CC(I)[N+](CC)(CC)CCc1ccccc1Cl. The van der Waals surface area contributed by atoms with Crippen molar-refractivity contribution in [3.05, 3.63) is 34.9 Å².